The molecule has 0 spiro atoms. The number of ether oxygens (including phenoxy) is 1. The molecule has 0 radical (unpaired) electrons. The minimum Gasteiger partial charge on any atom is -0.487 e. The Hall–Kier alpha value is -1.74. The van der Waals surface area contributed by atoms with Gasteiger partial charge in [-0.2, -0.15) is 0 Å². The summed E-state index contributed by atoms with van der Waals surface area (Å²) >= 11 is 6.06. The van der Waals surface area contributed by atoms with Gasteiger partial charge >= 0.3 is 0 Å². The van der Waals surface area contributed by atoms with Crippen LogP contribution in [0.5, 0.6) is 5.75 Å². The molecule has 0 saturated carbocycles. The van der Waals surface area contributed by atoms with Crippen LogP contribution in [0.3, 0.4) is 0 Å². The number of pyridine rings is 1. The predicted molar refractivity (Wildman–Crippen MR) is 83.0 cm³/mol. The van der Waals surface area contributed by atoms with Gasteiger partial charge in [0.1, 0.15) is 12.4 Å². The van der Waals surface area contributed by atoms with Crippen LogP contribution in [0.25, 0.3) is 0 Å². The molecule has 2 aromatic rings. The van der Waals surface area contributed by atoms with E-state index in [0.29, 0.717) is 29.0 Å². The van der Waals surface area contributed by atoms with E-state index >= 15 is 0 Å². The first-order valence-corrected chi connectivity index (χ1v) is 7.04. The summed E-state index contributed by atoms with van der Waals surface area (Å²) in [5.74, 6) is 1.24. The molecule has 1 heterocycles. The van der Waals surface area contributed by atoms with Crippen molar-refractivity contribution >= 4 is 17.3 Å². The summed E-state index contributed by atoms with van der Waals surface area (Å²) in [5.41, 5.74) is 8.39. The Balaban J connectivity index is 1.96. The molecular formula is C16H19ClN2O. The molecule has 0 unspecified atom stereocenters. The van der Waals surface area contributed by atoms with Gasteiger partial charge in [0.2, 0.25) is 0 Å². The molecule has 0 amide bonds. The molecule has 2 rings (SSSR count). The van der Waals surface area contributed by atoms with Gasteiger partial charge in [0.15, 0.2) is 0 Å². The lowest BCUT2D eigenvalue weighted by atomic mass is 10.1. The third kappa shape index (κ3) is 4.14. The van der Waals surface area contributed by atoms with Crippen LogP contribution in [0.15, 0.2) is 36.5 Å². The number of benzene rings is 1. The summed E-state index contributed by atoms with van der Waals surface area (Å²) in [4.78, 5) is 4.43. The van der Waals surface area contributed by atoms with Gasteiger partial charge in [0, 0.05) is 23.1 Å². The van der Waals surface area contributed by atoms with Gasteiger partial charge in [-0.25, -0.2) is 0 Å². The Morgan fingerprint density at radius 1 is 1.25 bits per heavy atom. The molecule has 3 nitrogen and oxygen atoms in total. The van der Waals surface area contributed by atoms with E-state index in [9.17, 15) is 0 Å². The average Bonchev–Trinajstić information content (AvgIpc) is 2.39. The van der Waals surface area contributed by atoms with Gasteiger partial charge in [-0.05, 0) is 36.6 Å². The zero-order chi connectivity index (χ0) is 14.5. The molecule has 20 heavy (non-hydrogen) atoms. The molecule has 1 aromatic carbocycles. The summed E-state index contributed by atoms with van der Waals surface area (Å²) in [5, 5.41) is 0.523. The number of nitrogen functional groups attached to an aromatic ring is 1. The zero-order valence-corrected chi connectivity index (χ0v) is 12.5. The van der Waals surface area contributed by atoms with Crippen molar-refractivity contribution in [3.05, 3.63) is 52.8 Å². The molecule has 4 heteroatoms. The predicted octanol–water partition coefficient (Wildman–Crippen LogP) is 4.09. The Kier molecular flexibility index (Phi) is 4.85. The number of halogens is 1. The van der Waals surface area contributed by atoms with Gasteiger partial charge in [0.05, 0.1) is 5.02 Å². The number of hydrogen-bond donors (Lipinski definition) is 1. The van der Waals surface area contributed by atoms with Gasteiger partial charge in [0.25, 0.3) is 0 Å². The lowest BCUT2D eigenvalue weighted by Gasteiger charge is -2.09. The maximum atomic E-state index is 6.06. The lowest BCUT2D eigenvalue weighted by Crippen LogP contribution is -2.00. The molecule has 1 aromatic heterocycles. The van der Waals surface area contributed by atoms with Crippen molar-refractivity contribution in [3.63, 3.8) is 0 Å². The molecule has 2 N–H and O–H groups in total. The molecule has 0 aliphatic heterocycles. The van der Waals surface area contributed by atoms with Gasteiger partial charge in [-0.3, -0.25) is 4.98 Å². The standard InChI is InChI=1S/C16H19ClN2O/c1-11(2)7-14-5-3-12(9-19-14)10-20-16-6-4-13(18)8-15(16)17/h3-6,8-9,11H,7,10,18H2,1-2H3. The van der Waals surface area contributed by atoms with E-state index in [-0.39, 0.29) is 0 Å². The number of anilines is 1. The first kappa shape index (κ1) is 14.7. The summed E-state index contributed by atoms with van der Waals surface area (Å²) in [7, 11) is 0. The third-order valence-corrected chi connectivity index (χ3v) is 3.15. The Morgan fingerprint density at radius 2 is 2.05 bits per heavy atom. The van der Waals surface area contributed by atoms with E-state index < -0.39 is 0 Å². The number of hydrogen-bond acceptors (Lipinski definition) is 3. The summed E-state index contributed by atoms with van der Waals surface area (Å²) in [6.07, 6.45) is 2.84. The minimum atomic E-state index is 0.443. The van der Waals surface area contributed by atoms with Crippen molar-refractivity contribution in [1.82, 2.24) is 4.98 Å². The summed E-state index contributed by atoms with van der Waals surface area (Å²) in [6.45, 7) is 4.81. The lowest BCUT2D eigenvalue weighted by molar-refractivity contribution is 0.306. The van der Waals surface area contributed by atoms with Crippen molar-refractivity contribution in [2.75, 3.05) is 5.73 Å². The highest BCUT2D eigenvalue weighted by molar-refractivity contribution is 6.32. The van der Waals surface area contributed by atoms with Crippen molar-refractivity contribution in [2.24, 2.45) is 5.92 Å². The molecule has 106 valence electrons. The van der Waals surface area contributed by atoms with Crippen LogP contribution in [0.4, 0.5) is 5.69 Å². The molecule has 0 saturated heterocycles. The fraction of sp³-hybridized carbons (Fsp3) is 0.312. The first-order chi connectivity index (χ1) is 9.54. The summed E-state index contributed by atoms with van der Waals surface area (Å²) < 4.78 is 5.67. The molecule has 0 fully saturated rings. The maximum absolute atomic E-state index is 6.06. The molecule has 0 aliphatic carbocycles. The van der Waals surface area contributed by atoms with E-state index in [1.807, 2.05) is 18.3 Å². The van der Waals surface area contributed by atoms with Crippen LogP contribution in [-0.2, 0) is 13.0 Å². The van der Waals surface area contributed by atoms with E-state index in [1.54, 1.807) is 18.2 Å². The van der Waals surface area contributed by atoms with Crippen LogP contribution >= 0.6 is 11.6 Å². The monoisotopic (exact) mass is 290 g/mol. The van der Waals surface area contributed by atoms with E-state index in [0.717, 1.165) is 17.7 Å². The topological polar surface area (TPSA) is 48.1 Å². The third-order valence-electron chi connectivity index (χ3n) is 2.85. The highest BCUT2D eigenvalue weighted by Gasteiger charge is 2.04. The van der Waals surface area contributed by atoms with E-state index in [4.69, 9.17) is 22.1 Å². The SMILES string of the molecule is CC(C)Cc1ccc(COc2ccc(N)cc2Cl)cn1. The average molecular weight is 291 g/mol. The first-order valence-electron chi connectivity index (χ1n) is 6.66. The van der Waals surface area contributed by atoms with Crippen molar-refractivity contribution in [1.29, 1.82) is 0 Å². The van der Waals surface area contributed by atoms with Crippen LogP contribution in [0, 0.1) is 5.92 Å². The smallest absolute Gasteiger partial charge is 0.138 e. The number of nitrogens with two attached hydrogens (primary N) is 1. The van der Waals surface area contributed by atoms with Gasteiger partial charge in [-0.15, -0.1) is 0 Å². The van der Waals surface area contributed by atoms with Gasteiger partial charge in [-0.1, -0.05) is 31.5 Å². The second-order valence-corrected chi connectivity index (χ2v) is 5.64. The molecule has 0 aliphatic rings. The summed E-state index contributed by atoms with van der Waals surface area (Å²) in [6, 6.07) is 9.31. The molecule has 0 atom stereocenters. The Morgan fingerprint density at radius 3 is 2.65 bits per heavy atom. The molecular weight excluding hydrogens is 272 g/mol. The van der Waals surface area contributed by atoms with Crippen molar-refractivity contribution < 1.29 is 4.74 Å². The normalized spacial score (nSPS) is 10.8. The van der Waals surface area contributed by atoms with Crippen molar-refractivity contribution in [2.45, 2.75) is 26.9 Å². The quantitative estimate of drug-likeness (QED) is 0.844. The highest BCUT2D eigenvalue weighted by Crippen LogP contribution is 2.27. The van der Waals surface area contributed by atoms with E-state index in [1.165, 1.54) is 0 Å². The van der Waals surface area contributed by atoms with Crippen LogP contribution < -0.4 is 10.5 Å². The second-order valence-electron chi connectivity index (χ2n) is 5.23. The van der Waals surface area contributed by atoms with E-state index in [2.05, 4.69) is 18.8 Å². The Labute approximate surface area is 124 Å². The molecule has 0 bridgehead atoms. The largest absolute Gasteiger partial charge is 0.487 e. The highest BCUT2D eigenvalue weighted by atomic mass is 35.5. The fourth-order valence-corrected chi connectivity index (χ4v) is 2.12. The number of aromatic nitrogens is 1. The van der Waals surface area contributed by atoms with Crippen LogP contribution in [0.1, 0.15) is 25.1 Å². The van der Waals surface area contributed by atoms with Crippen LogP contribution in [-0.4, -0.2) is 4.98 Å². The minimum absolute atomic E-state index is 0.443. The van der Waals surface area contributed by atoms with Crippen LogP contribution in [0.2, 0.25) is 5.02 Å². The van der Waals surface area contributed by atoms with Gasteiger partial charge < -0.3 is 10.5 Å². The second kappa shape index (κ2) is 6.62. The zero-order valence-electron chi connectivity index (χ0n) is 11.8. The Bertz CT molecular complexity index is 567. The van der Waals surface area contributed by atoms with Crippen molar-refractivity contribution in [3.8, 4) is 5.75 Å². The maximum Gasteiger partial charge on any atom is 0.138 e. The number of rotatable bonds is 5. The fourth-order valence-electron chi connectivity index (χ4n) is 1.87. The number of nitrogens with zero attached hydrogens (tertiary/aromatic N) is 1.